The Morgan fingerprint density at radius 2 is 1.92 bits per heavy atom. The highest BCUT2D eigenvalue weighted by molar-refractivity contribution is 5.90. The van der Waals surface area contributed by atoms with Crippen molar-refractivity contribution in [3.63, 3.8) is 0 Å². The average Bonchev–Trinajstić information content (AvgIpc) is 3.24. The molecule has 0 radical (unpaired) electrons. The van der Waals surface area contributed by atoms with Crippen LogP contribution in [0.2, 0.25) is 0 Å². The lowest BCUT2D eigenvalue weighted by atomic mass is 9.82. The molecule has 1 saturated heterocycles. The fraction of sp³-hybridized carbons (Fsp3) is 0.483. The van der Waals surface area contributed by atoms with E-state index in [1.165, 1.54) is 12.7 Å². The summed E-state index contributed by atoms with van der Waals surface area (Å²) in [5.41, 5.74) is 3.18. The van der Waals surface area contributed by atoms with Crippen LogP contribution in [0.25, 0.3) is 22.3 Å². The van der Waals surface area contributed by atoms with Crippen molar-refractivity contribution < 1.29 is 24.1 Å². The predicted molar refractivity (Wildman–Crippen MR) is 141 cm³/mol. The summed E-state index contributed by atoms with van der Waals surface area (Å²) >= 11 is 0. The Morgan fingerprint density at radius 1 is 1.16 bits per heavy atom. The molecular weight excluding hydrogens is 486 g/mol. The van der Waals surface area contributed by atoms with Gasteiger partial charge in [-0.1, -0.05) is 6.92 Å². The molecule has 200 valence electrons. The van der Waals surface area contributed by atoms with E-state index in [1.807, 2.05) is 18.2 Å². The predicted octanol–water partition coefficient (Wildman–Crippen LogP) is 2.91. The molecule has 2 atom stereocenters. The lowest BCUT2D eigenvalue weighted by Crippen LogP contribution is -2.45. The summed E-state index contributed by atoms with van der Waals surface area (Å²) in [6.07, 6.45) is 0.975. The highest BCUT2D eigenvalue weighted by Gasteiger charge is 2.48. The van der Waals surface area contributed by atoms with Gasteiger partial charge in [0.1, 0.15) is 18.0 Å². The van der Waals surface area contributed by atoms with E-state index in [1.54, 1.807) is 18.6 Å². The van der Waals surface area contributed by atoms with E-state index in [4.69, 9.17) is 19.2 Å². The Hall–Kier alpha value is -3.27. The summed E-state index contributed by atoms with van der Waals surface area (Å²) in [5.74, 6) is 0.417. The van der Waals surface area contributed by atoms with Crippen LogP contribution >= 0.6 is 0 Å². The van der Waals surface area contributed by atoms with Crippen LogP contribution < -0.4 is 10.3 Å². The number of hydrogen-bond donors (Lipinski definition) is 1. The number of carbonyl (C=O) groups excluding carboxylic acids is 1. The number of methoxy groups -OCH3 is 2. The number of rotatable bonds is 4. The van der Waals surface area contributed by atoms with Gasteiger partial charge in [-0.15, -0.1) is 0 Å². The standard InChI is InChI=1S/C29H33N3O6/c1-5-29(35)21-13-23-25-19(14-32(23)27(33)20(21)15-38-28(34)26(29)37-4)24(16-8-10-31(2)11-9-16)18-12-17(36-3)6-7-22(18)30-25/h6-7,12-13,16,26,35H,5,8-11,14-15H2,1-4H3/t26-,29+/m1/s1. The van der Waals surface area contributed by atoms with Crippen LogP contribution in [-0.2, 0) is 33.0 Å². The number of likely N-dealkylation sites (tertiary alicyclic amines) is 1. The van der Waals surface area contributed by atoms with E-state index < -0.39 is 17.7 Å². The topological polar surface area (TPSA) is 103 Å². The second-order valence-corrected chi connectivity index (χ2v) is 10.6. The maximum Gasteiger partial charge on any atom is 0.338 e. The molecule has 1 fully saturated rings. The number of hydrogen-bond acceptors (Lipinski definition) is 8. The number of aliphatic hydroxyl groups is 1. The van der Waals surface area contributed by atoms with Gasteiger partial charge in [0.25, 0.3) is 5.56 Å². The smallest absolute Gasteiger partial charge is 0.338 e. The third-order valence-corrected chi connectivity index (χ3v) is 8.67. The molecule has 6 rings (SSSR count). The lowest BCUT2D eigenvalue weighted by Gasteiger charge is -2.32. The molecule has 0 unspecified atom stereocenters. The van der Waals surface area contributed by atoms with Gasteiger partial charge in [0, 0.05) is 23.6 Å². The quantitative estimate of drug-likeness (QED) is 0.411. The van der Waals surface area contributed by atoms with Gasteiger partial charge in [0.2, 0.25) is 0 Å². The minimum atomic E-state index is -1.70. The number of cyclic esters (lactones) is 1. The minimum Gasteiger partial charge on any atom is -0.497 e. The third-order valence-electron chi connectivity index (χ3n) is 8.67. The molecular formula is C29H33N3O6. The highest BCUT2D eigenvalue weighted by atomic mass is 16.6. The van der Waals surface area contributed by atoms with E-state index in [2.05, 4.69) is 18.0 Å². The molecule has 9 nitrogen and oxygen atoms in total. The lowest BCUT2D eigenvalue weighted by molar-refractivity contribution is -0.174. The molecule has 0 amide bonds. The van der Waals surface area contributed by atoms with E-state index in [0.29, 0.717) is 23.7 Å². The van der Waals surface area contributed by atoms with Crippen molar-refractivity contribution in [1.29, 1.82) is 0 Å². The van der Waals surface area contributed by atoms with Crippen molar-refractivity contribution in [3.8, 4) is 17.1 Å². The summed E-state index contributed by atoms with van der Waals surface area (Å²) in [6.45, 7) is 3.94. The van der Waals surface area contributed by atoms with Gasteiger partial charge >= 0.3 is 5.97 Å². The van der Waals surface area contributed by atoms with Crippen molar-refractivity contribution in [3.05, 3.63) is 56.9 Å². The second kappa shape index (κ2) is 9.18. The van der Waals surface area contributed by atoms with Gasteiger partial charge < -0.3 is 28.8 Å². The van der Waals surface area contributed by atoms with Gasteiger partial charge in [0.15, 0.2) is 6.10 Å². The molecule has 1 N–H and O–H groups in total. The van der Waals surface area contributed by atoms with Crippen molar-refractivity contribution in [2.45, 2.75) is 57.0 Å². The van der Waals surface area contributed by atoms with Crippen molar-refractivity contribution in [1.82, 2.24) is 14.5 Å². The first-order valence-electron chi connectivity index (χ1n) is 13.2. The van der Waals surface area contributed by atoms with E-state index >= 15 is 0 Å². The zero-order valence-electron chi connectivity index (χ0n) is 22.2. The Balaban J connectivity index is 1.61. The maximum absolute atomic E-state index is 13.9. The Bertz CT molecular complexity index is 1510. The number of esters is 1. The molecule has 0 spiro atoms. The first kappa shape index (κ1) is 25.0. The number of nitrogens with zero attached hydrogens (tertiary/aromatic N) is 3. The zero-order chi connectivity index (χ0) is 26.8. The van der Waals surface area contributed by atoms with Crippen LogP contribution in [0.1, 0.15) is 54.4 Å². The SMILES string of the molecule is CC[C@]1(O)c2cc3n(c(=O)c2COC(=O)[C@H]1OC)Cc1c-3nc2ccc(OC)cc2c1C1CCN(C)CC1. The molecule has 3 aliphatic heterocycles. The molecule has 2 aromatic heterocycles. The minimum absolute atomic E-state index is 0.176. The van der Waals surface area contributed by atoms with Crippen molar-refractivity contribution in [2.75, 3.05) is 34.4 Å². The van der Waals surface area contributed by atoms with Gasteiger partial charge in [-0.25, -0.2) is 9.78 Å². The number of fused-ring (bicyclic) bond motifs is 5. The first-order chi connectivity index (χ1) is 18.3. The Morgan fingerprint density at radius 3 is 2.61 bits per heavy atom. The average molecular weight is 520 g/mol. The number of piperidine rings is 1. The summed E-state index contributed by atoms with van der Waals surface area (Å²) in [7, 11) is 5.17. The molecule has 0 bridgehead atoms. The Labute approximate surface area is 220 Å². The molecule has 5 heterocycles. The molecule has 1 aromatic carbocycles. The summed E-state index contributed by atoms with van der Waals surface area (Å²) in [4.78, 5) is 34.0. The number of pyridine rings is 2. The number of ether oxygens (including phenoxy) is 3. The molecule has 38 heavy (non-hydrogen) atoms. The van der Waals surface area contributed by atoms with Gasteiger partial charge in [-0.05, 0) is 75.1 Å². The number of aromatic nitrogens is 2. The fourth-order valence-corrected chi connectivity index (χ4v) is 6.52. The van der Waals surface area contributed by atoms with Gasteiger partial charge in [-0.3, -0.25) is 4.79 Å². The van der Waals surface area contributed by atoms with Crippen LogP contribution in [0.5, 0.6) is 5.75 Å². The monoisotopic (exact) mass is 519 g/mol. The van der Waals surface area contributed by atoms with Crippen LogP contribution in [0, 0.1) is 0 Å². The van der Waals surface area contributed by atoms with Gasteiger partial charge in [0.05, 0.1) is 36.1 Å². The van der Waals surface area contributed by atoms with Crippen LogP contribution in [0.3, 0.4) is 0 Å². The molecule has 9 heteroatoms. The van der Waals surface area contributed by atoms with E-state index in [-0.39, 0.29) is 24.2 Å². The summed E-state index contributed by atoms with van der Waals surface area (Å²) < 4.78 is 18.1. The highest BCUT2D eigenvalue weighted by Crippen LogP contribution is 2.44. The third kappa shape index (κ3) is 3.60. The Kier molecular flexibility index (Phi) is 6.05. The van der Waals surface area contributed by atoms with Crippen LogP contribution in [-0.4, -0.2) is 66.0 Å². The molecule has 0 saturated carbocycles. The van der Waals surface area contributed by atoms with Crippen molar-refractivity contribution in [2.24, 2.45) is 0 Å². The molecule has 3 aliphatic rings. The number of benzene rings is 1. The van der Waals surface area contributed by atoms with E-state index in [9.17, 15) is 14.7 Å². The van der Waals surface area contributed by atoms with E-state index in [0.717, 1.165) is 53.8 Å². The first-order valence-corrected chi connectivity index (χ1v) is 13.2. The zero-order valence-corrected chi connectivity index (χ0v) is 22.2. The van der Waals surface area contributed by atoms with Crippen LogP contribution in [0.15, 0.2) is 29.1 Å². The number of carbonyl (C=O) groups is 1. The van der Waals surface area contributed by atoms with Crippen LogP contribution in [0.4, 0.5) is 0 Å². The normalized spacial score (nSPS) is 23.5. The molecule has 3 aromatic rings. The fourth-order valence-electron chi connectivity index (χ4n) is 6.52. The summed E-state index contributed by atoms with van der Waals surface area (Å²) in [6, 6.07) is 7.74. The van der Waals surface area contributed by atoms with Crippen molar-refractivity contribution >= 4 is 16.9 Å². The summed E-state index contributed by atoms with van der Waals surface area (Å²) in [5, 5.41) is 12.8. The molecule has 0 aliphatic carbocycles. The second-order valence-electron chi connectivity index (χ2n) is 10.6. The largest absolute Gasteiger partial charge is 0.497 e. The maximum atomic E-state index is 13.9. The van der Waals surface area contributed by atoms with Gasteiger partial charge in [-0.2, -0.15) is 0 Å².